The zero-order valence-electron chi connectivity index (χ0n) is 18.0. The number of fused-ring (bicyclic) bond motifs is 8. The van der Waals surface area contributed by atoms with Crippen LogP contribution in [0.25, 0.3) is 11.1 Å². The number of H-pyrrole nitrogens is 2. The average molecular weight is 438 g/mol. The maximum Gasteiger partial charge on any atom is 0.0872 e. The molecule has 3 aliphatic heterocycles. The highest BCUT2D eigenvalue weighted by Gasteiger charge is 2.22. The van der Waals surface area contributed by atoms with Gasteiger partial charge in [-0.05, 0) is 84.0 Å². The number of hydrogen-bond donors (Lipinski definition) is 2. The molecule has 0 saturated heterocycles. The Labute approximate surface area is 195 Å². The Bertz CT molecular complexity index is 1500. The highest BCUT2D eigenvalue weighted by Crippen LogP contribution is 2.34. The van der Waals surface area contributed by atoms with Gasteiger partial charge in [-0.15, -0.1) is 0 Å². The van der Waals surface area contributed by atoms with Crippen molar-refractivity contribution in [3.63, 3.8) is 0 Å². The second-order valence-electron chi connectivity index (χ2n) is 8.22. The molecule has 0 radical (unpaired) electrons. The Morgan fingerprint density at radius 1 is 0.441 bits per heavy atom. The zero-order valence-corrected chi connectivity index (χ0v) is 18.0. The van der Waals surface area contributed by atoms with E-state index in [1.807, 2.05) is 24.3 Å². The second kappa shape index (κ2) is 7.35. The molecule has 6 heteroatoms. The molecule has 0 saturated carbocycles. The summed E-state index contributed by atoms with van der Waals surface area (Å²) in [6.07, 6.45) is 15.5. The van der Waals surface area contributed by atoms with E-state index in [4.69, 9.17) is 9.98 Å². The van der Waals surface area contributed by atoms with E-state index in [1.54, 1.807) is 24.8 Å². The van der Waals surface area contributed by atoms with E-state index in [2.05, 4.69) is 68.5 Å². The average Bonchev–Trinajstić information content (AvgIpc) is 3.68. The summed E-state index contributed by atoms with van der Waals surface area (Å²) >= 11 is 0. The lowest BCUT2D eigenvalue weighted by Gasteiger charge is -2.09. The van der Waals surface area contributed by atoms with Gasteiger partial charge in [-0.3, -0.25) is 9.97 Å². The van der Waals surface area contributed by atoms with E-state index in [1.165, 1.54) is 0 Å². The smallest absolute Gasteiger partial charge is 0.0872 e. The first kappa shape index (κ1) is 18.7. The van der Waals surface area contributed by atoms with E-state index in [0.717, 1.165) is 67.9 Å². The SMILES string of the molecule is C1=C/C2=C(\c3ccncc3)c3ccc([nH]3)C3=N/C(=C(/c4ccncc4)c4ccc([nH]4)C1=N2)C=C3. The molecular formula is C28H18N6. The monoisotopic (exact) mass is 438 g/mol. The van der Waals surface area contributed by atoms with Crippen LogP contribution >= 0.6 is 0 Å². The lowest BCUT2D eigenvalue weighted by molar-refractivity contribution is 1.25. The third kappa shape index (κ3) is 2.97. The number of aliphatic imine (C=N–C) groups is 2. The number of rotatable bonds is 2. The van der Waals surface area contributed by atoms with Crippen LogP contribution in [0, 0.1) is 0 Å². The third-order valence-corrected chi connectivity index (χ3v) is 6.19. The van der Waals surface area contributed by atoms with Crippen LogP contribution in [0.5, 0.6) is 0 Å². The van der Waals surface area contributed by atoms with Gasteiger partial charge in [-0.2, -0.15) is 0 Å². The van der Waals surface area contributed by atoms with Gasteiger partial charge in [-0.25, -0.2) is 9.98 Å². The maximum atomic E-state index is 5.01. The molecule has 0 spiro atoms. The Balaban J connectivity index is 1.50. The zero-order chi connectivity index (χ0) is 22.5. The molecule has 0 amide bonds. The van der Waals surface area contributed by atoms with Crippen molar-refractivity contribution < 1.29 is 0 Å². The summed E-state index contributed by atoms with van der Waals surface area (Å²) < 4.78 is 0. The van der Waals surface area contributed by atoms with Crippen LogP contribution in [0.2, 0.25) is 0 Å². The standard InChI is InChI=1S/C28H18N6/c1-5-23-27(17-9-13-29-14-10-17)24-7-3-21(33-24)22-4-8-26(34-22)28(18-11-15-30-16-12-18)25-6-2-20(32-25)19(1)31-23/h1-16,31,34H/b20-19?,22-21?,27-23?,27-24-,28-25-,28-26?. The van der Waals surface area contributed by atoms with Crippen molar-refractivity contribution in [1.29, 1.82) is 0 Å². The molecule has 0 unspecified atom stereocenters. The quantitative estimate of drug-likeness (QED) is 0.457. The number of nitrogens with zero attached hydrogens (tertiary/aromatic N) is 4. The summed E-state index contributed by atoms with van der Waals surface area (Å²) in [6.45, 7) is 0. The molecule has 0 fully saturated rings. The van der Waals surface area contributed by atoms with E-state index in [9.17, 15) is 0 Å². The fourth-order valence-electron chi connectivity index (χ4n) is 4.60. The van der Waals surface area contributed by atoms with Crippen LogP contribution in [-0.2, 0) is 0 Å². The van der Waals surface area contributed by atoms with Gasteiger partial charge in [0.25, 0.3) is 0 Å². The van der Waals surface area contributed by atoms with Crippen molar-refractivity contribution in [3.8, 4) is 0 Å². The molecule has 7 rings (SSSR count). The summed E-state index contributed by atoms with van der Waals surface area (Å²) in [6, 6.07) is 16.4. The number of nitrogens with one attached hydrogen (secondary N) is 2. The summed E-state index contributed by atoms with van der Waals surface area (Å²) in [5.41, 5.74) is 11.6. The van der Waals surface area contributed by atoms with Gasteiger partial charge in [-0.1, -0.05) is 0 Å². The molecule has 7 heterocycles. The topological polar surface area (TPSA) is 82.1 Å². The van der Waals surface area contributed by atoms with Gasteiger partial charge >= 0.3 is 0 Å². The van der Waals surface area contributed by atoms with Crippen molar-refractivity contribution >= 4 is 22.6 Å². The van der Waals surface area contributed by atoms with Crippen LogP contribution in [0.3, 0.4) is 0 Å². The fraction of sp³-hybridized carbons (Fsp3) is 0. The van der Waals surface area contributed by atoms with Crippen LogP contribution in [0.15, 0.2) is 119 Å². The maximum absolute atomic E-state index is 5.01. The molecule has 3 aliphatic rings. The number of aromatic amines is 2. The number of aromatic nitrogens is 4. The highest BCUT2D eigenvalue weighted by atomic mass is 14.9. The van der Waals surface area contributed by atoms with E-state index < -0.39 is 0 Å². The normalized spacial score (nSPS) is 20.4. The predicted octanol–water partition coefficient (Wildman–Crippen LogP) is 5.08. The second-order valence-corrected chi connectivity index (χ2v) is 8.22. The lowest BCUT2D eigenvalue weighted by atomic mass is 10.0. The highest BCUT2D eigenvalue weighted by molar-refractivity contribution is 6.13. The first-order valence-electron chi connectivity index (χ1n) is 11.1. The molecule has 4 aromatic heterocycles. The first-order valence-corrected chi connectivity index (χ1v) is 11.1. The first-order chi connectivity index (χ1) is 16.8. The minimum atomic E-state index is 0.891. The van der Waals surface area contributed by atoms with Gasteiger partial charge in [0.15, 0.2) is 0 Å². The van der Waals surface area contributed by atoms with Crippen LogP contribution < -0.4 is 0 Å². The van der Waals surface area contributed by atoms with E-state index >= 15 is 0 Å². The molecule has 6 nitrogen and oxygen atoms in total. The minimum absolute atomic E-state index is 0.891. The van der Waals surface area contributed by atoms with E-state index in [-0.39, 0.29) is 0 Å². The van der Waals surface area contributed by atoms with E-state index in [0.29, 0.717) is 0 Å². The summed E-state index contributed by atoms with van der Waals surface area (Å²) in [4.78, 5) is 25.5. The van der Waals surface area contributed by atoms with Crippen molar-refractivity contribution in [2.24, 2.45) is 9.98 Å². The summed E-state index contributed by atoms with van der Waals surface area (Å²) in [5, 5.41) is 0. The number of allylic oxidation sites excluding steroid dienone is 4. The fourth-order valence-corrected chi connectivity index (χ4v) is 4.60. The number of pyridine rings is 2. The lowest BCUT2D eigenvalue weighted by Crippen LogP contribution is -1.99. The molecule has 0 aromatic carbocycles. The van der Waals surface area contributed by atoms with Gasteiger partial charge in [0, 0.05) is 47.3 Å². The van der Waals surface area contributed by atoms with Gasteiger partial charge in [0.1, 0.15) is 0 Å². The predicted molar refractivity (Wildman–Crippen MR) is 133 cm³/mol. The number of hydrogen-bond acceptors (Lipinski definition) is 4. The molecule has 34 heavy (non-hydrogen) atoms. The molecular weight excluding hydrogens is 420 g/mol. The molecule has 2 N–H and O–H groups in total. The van der Waals surface area contributed by atoms with Crippen molar-refractivity contribution in [1.82, 2.24) is 19.9 Å². The third-order valence-electron chi connectivity index (χ3n) is 6.19. The molecule has 4 aromatic rings. The molecule has 0 aliphatic carbocycles. The Morgan fingerprint density at radius 2 is 0.853 bits per heavy atom. The Hall–Kier alpha value is -4.84. The van der Waals surface area contributed by atoms with Crippen molar-refractivity contribution in [2.75, 3.05) is 0 Å². The van der Waals surface area contributed by atoms with Crippen LogP contribution in [-0.4, -0.2) is 31.4 Å². The van der Waals surface area contributed by atoms with Crippen molar-refractivity contribution in [3.05, 3.63) is 143 Å². The van der Waals surface area contributed by atoms with Crippen molar-refractivity contribution in [2.45, 2.75) is 0 Å². The Kier molecular flexibility index (Phi) is 4.04. The Morgan fingerprint density at radius 3 is 1.29 bits per heavy atom. The minimum Gasteiger partial charge on any atom is -0.353 e. The van der Waals surface area contributed by atoms with Gasteiger partial charge in [0.2, 0.25) is 0 Å². The molecule has 160 valence electrons. The largest absolute Gasteiger partial charge is 0.353 e. The molecule has 8 bridgehead atoms. The summed E-state index contributed by atoms with van der Waals surface area (Å²) in [7, 11) is 0. The van der Waals surface area contributed by atoms with Gasteiger partial charge < -0.3 is 9.97 Å². The molecule has 0 atom stereocenters. The van der Waals surface area contributed by atoms with Gasteiger partial charge in [0.05, 0.1) is 34.2 Å². The summed E-state index contributed by atoms with van der Waals surface area (Å²) in [5.74, 6) is 0. The van der Waals surface area contributed by atoms with Crippen LogP contribution in [0.1, 0.15) is 33.9 Å². The van der Waals surface area contributed by atoms with Crippen LogP contribution in [0.4, 0.5) is 0 Å².